The van der Waals surface area contributed by atoms with Gasteiger partial charge in [0.1, 0.15) is 17.2 Å². The highest BCUT2D eigenvalue weighted by Gasteiger charge is 2.18. The highest BCUT2D eigenvalue weighted by atomic mass is 16.3. The molecule has 0 spiro atoms. The summed E-state index contributed by atoms with van der Waals surface area (Å²) in [6, 6.07) is 34.5. The maximum absolute atomic E-state index is 12.3. The van der Waals surface area contributed by atoms with Gasteiger partial charge in [-0.2, -0.15) is 10.2 Å². The number of carbonyl (C=O) groups is 1. The monoisotopic (exact) mass is 500 g/mol. The first kappa shape index (κ1) is 24.2. The van der Waals surface area contributed by atoms with Crippen molar-refractivity contribution in [3.63, 3.8) is 0 Å². The number of para-hydroxylation sites is 2. The van der Waals surface area contributed by atoms with Crippen molar-refractivity contribution in [3.8, 4) is 0 Å². The van der Waals surface area contributed by atoms with Gasteiger partial charge in [0.05, 0.1) is 11.4 Å². The van der Waals surface area contributed by atoms with Gasteiger partial charge in [-0.3, -0.25) is 10.2 Å². The molecule has 8 nitrogen and oxygen atoms in total. The van der Waals surface area contributed by atoms with Crippen LogP contribution in [0.1, 0.15) is 0 Å². The minimum atomic E-state index is -0.437. The summed E-state index contributed by atoms with van der Waals surface area (Å²) >= 11 is 0. The van der Waals surface area contributed by atoms with Crippen molar-refractivity contribution in [2.24, 2.45) is 15.3 Å². The van der Waals surface area contributed by atoms with Gasteiger partial charge in [-0.05, 0) is 72.8 Å². The third-order valence-electron chi connectivity index (χ3n) is 5.51. The van der Waals surface area contributed by atoms with Crippen LogP contribution in [-0.4, -0.2) is 16.6 Å². The molecule has 38 heavy (non-hydrogen) atoms. The molecule has 4 aromatic rings. The zero-order chi connectivity index (χ0) is 26.2. The zero-order valence-electron chi connectivity index (χ0n) is 20.2. The number of hydrogen-bond donors (Lipinski definition) is 4. The Bertz CT molecular complexity index is 1530. The quantitative estimate of drug-likeness (QED) is 0.113. The Hall–Kier alpha value is -5.50. The molecule has 0 radical (unpaired) electrons. The van der Waals surface area contributed by atoms with Gasteiger partial charge in [0.15, 0.2) is 0 Å². The fourth-order valence-electron chi connectivity index (χ4n) is 3.57. The number of aliphatic hydroxyl groups is 1. The van der Waals surface area contributed by atoms with Gasteiger partial charge in [0.2, 0.25) is 5.78 Å². The first-order chi connectivity index (χ1) is 18.6. The van der Waals surface area contributed by atoms with Crippen LogP contribution in [0.2, 0.25) is 0 Å². The number of hydrogen-bond acceptors (Lipinski definition) is 8. The molecule has 0 atom stereocenters. The number of ketones is 1. The third-order valence-corrected chi connectivity index (χ3v) is 5.51. The lowest BCUT2D eigenvalue weighted by atomic mass is 10.1. The van der Waals surface area contributed by atoms with Crippen molar-refractivity contribution < 1.29 is 9.90 Å². The molecule has 0 bridgehead atoms. The van der Waals surface area contributed by atoms with Crippen LogP contribution < -0.4 is 16.1 Å². The number of azo groups is 1. The average Bonchev–Trinajstić information content (AvgIpc) is 2.95. The van der Waals surface area contributed by atoms with Gasteiger partial charge in [-0.1, -0.05) is 36.4 Å². The number of hydrazone groups is 1. The Balaban J connectivity index is 1.23. The summed E-state index contributed by atoms with van der Waals surface area (Å²) in [6.45, 7) is 0. The van der Waals surface area contributed by atoms with E-state index in [1.54, 1.807) is 12.1 Å². The van der Waals surface area contributed by atoms with E-state index in [4.69, 9.17) is 0 Å². The van der Waals surface area contributed by atoms with Crippen molar-refractivity contribution in [3.05, 3.63) is 133 Å². The summed E-state index contributed by atoms with van der Waals surface area (Å²) in [5, 5.41) is 29.3. The standard InChI is InChI=1S/C30H24N6O2/c37-29-20-30(38)28(36-34-26-17-13-24(14-18-26)32-22-9-5-2-6-10-22)19-27(29)35-33-25-15-11-23(12-16-25)31-21-7-3-1-4-8-21/h1-20,31-33,38H/b35-27-,36-34?. The van der Waals surface area contributed by atoms with E-state index in [9.17, 15) is 9.90 Å². The second-order valence-corrected chi connectivity index (χ2v) is 8.34. The fraction of sp³-hybridized carbons (Fsp3) is 0. The van der Waals surface area contributed by atoms with Crippen LogP contribution in [0, 0.1) is 0 Å². The lowest BCUT2D eigenvalue weighted by Crippen LogP contribution is -2.16. The second kappa shape index (κ2) is 11.5. The molecule has 0 saturated heterocycles. The maximum Gasteiger partial charge on any atom is 0.209 e. The fourth-order valence-corrected chi connectivity index (χ4v) is 3.57. The van der Waals surface area contributed by atoms with E-state index in [-0.39, 0.29) is 17.2 Å². The van der Waals surface area contributed by atoms with Gasteiger partial charge in [-0.25, -0.2) is 0 Å². The van der Waals surface area contributed by atoms with Crippen LogP contribution in [-0.2, 0) is 4.79 Å². The molecule has 186 valence electrons. The van der Waals surface area contributed by atoms with E-state index < -0.39 is 5.78 Å². The molecule has 1 aliphatic rings. The Morgan fingerprint density at radius 2 is 1.05 bits per heavy atom. The van der Waals surface area contributed by atoms with E-state index in [1.807, 2.05) is 97.1 Å². The molecular weight excluding hydrogens is 476 g/mol. The van der Waals surface area contributed by atoms with E-state index >= 15 is 0 Å². The Morgan fingerprint density at radius 3 is 1.63 bits per heavy atom. The molecule has 0 fully saturated rings. The number of rotatable bonds is 8. The third kappa shape index (κ3) is 6.38. The minimum absolute atomic E-state index is 0.102. The Labute approximate surface area is 219 Å². The lowest BCUT2D eigenvalue weighted by molar-refractivity contribution is -0.109. The molecule has 1 aliphatic carbocycles. The Morgan fingerprint density at radius 1 is 0.553 bits per heavy atom. The van der Waals surface area contributed by atoms with Gasteiger partial charge in [0.25, 0.3) is 0 Å². The summed E-state index contributed by atoms with van der Waals surface area (Å²) < 4.78 is 0. The molecule has 0 heterocycles. The molecule has 4 aromatic carbocycles. The number of carbonyl (C=O) groups excluding carboxylic acids is 1. The molecule has 0 amide bonds. The zero-order valence-corrected chi connectivity index (χ0v) is 20.2. The highest BCUT2D eigenvalue weighted by molar-refractivity contribution is 6.49. The van der Waals surface area contributed by atoms with Crippen LogP contribution in [0.5, 0.6) is 0 Å². The number of anilines is 5. The molecule has 0 aromatic heterocycles. The molecule has 0 unspecified atom stereocenters. The molecule has 4 N–H and O–H groups in total. The van der Waals surface area contributed by atoms with Crippen molar-refractivity contribution >= 4 is 45.6 Å². The topological polar surface area (TPSA) is 110 Å². The first-order valence-electron chi connectivity index (χ1n) is 11.9. The van der Waals surface area contributed by atoms with Gasteiger partial charge in [-0.15, -0.1) is 5.11 Å². The predicted molar refractivity (Wildman–Crippen MR) is 152 cm³/mol. The number of allylic oxidation sites excluding steroid dienone is 2. The van der Waals surface area contributed by atoms with Crippen LogP contribution in [0.4, 0.5) is 34.1 Å². The minimum Gasteiger partial charge on any atom is -0.505 e. The normalized spacial score (nSPS) is 14.2. The van der Waals surface area contributed by atoms with Gasteiger partial charge >= 0.3 is 0 Å². The smallest absolute Gasteiger partial charge is 0.209 e. The van der Waals surface area contributed by atoms with Gasteiger partial charge in [0, 0.05) is 34.9 Å². The summed E-state index contributed by atoms with van der Waals surface area (Å²) in [5.74, 6) is -0.705. The summed E-state index contributed by atoms with van der Waals surface area (Å²) in [5.41, 5.74) is 8.20. The van der Waals surface area contributed by atoms with Crippen molar-refractivity contribution in [1.29, 1.82) is 0 Å². The summed E-state index contributed by atoms with van der Waals surface area (Å²) in [6.07, 6.45) is 2.47. The summed E-state index contributed by atoms with van der Waals surface area (Å²) in [7, 11) is 0. The lowest BCUT2D eigenvalue weighted by Gasteiger charge is -2.09. The molecular formula is C30H24N6O2. The Kier molecular flexibility index (Phi) is 7.32. The van der Waals surface area contributed by atoms with Crippen LogP contribution >= 0.6 is 0 Å². The van der Waals surface area contributed by atoms with E-state index in [2.05, 4.69) is 31.4 Å². The van der Waals surface area contributed by atoms with Crippen LogP contribution in [0.3, 0.4) is 0 Å². The predicted octanol–water partition coefficient (Wildman–Crippen LogP) is 7.63. The molecule has 5 rings (SSSR count). The molecule has 0 saturated carbocycles. The largest absolute Gasteiger partial charge is 0.505 e. The van der Waals surface area contributed by atoms with E-state index in [1.165, 1.54) is 6.08 Å². The second-order valence-electron chi connectivity index (χ2n) is 8.34. The maximum atomic E-state index is 12.3. The molecule has 8 heteroatoms. The van der Waals surface area contributed by atoms with Gasteiger partial charge < -0.3 is 15.7 Å². The van der Waals surface area contributed by atoms with E-state index in [0.717, 1.165) is 28.8 Å². The van der Waals surface area contributed by atoms with Crippen molar-refractivity contribution in [2.45, 2.75) is 0 Å². The van der Waals surface area contributed by atoms with Crippen molar-refractivity contribution in [2.75, 3.05) is 16.1 Å². The molecule has 0 aliphatic heterocycles. The van der Waals surface area contributed by atoms with Crippen LogP contribution in [0.25, 0.3) is 0 Å². The van der Waals surface area contributed by atoms with Crippen molar-refractivity contribution in [1.82, 2.24) is 0 Å². The van der Waals surface area contributed by atoms with Crippen LogP contribution in [0.15, 0.2) is 148 Å². The first-order valence-corrected chi connectivity index (χ1v) is 11.9. The van der Waals surface area contributed by atoms with E-state index in [0.29, 0.717) is 11.4 Å². The number of aliphatic hydroxyl groups excluding tert-OH is 1. The number of nitrogens with zero attached hydrogens (tertiary/aromatic N) is 3. The average molecular weight is 501 g/mol. The SMILES string of the molecule is O=C1C=C(O)C(N=Nc2ccc(Nc3ccccc3)cc2)=C/C1=N/Nc1ccc(Nc2ccccc2)cc1. The number of benzene rings is 4. The highest BCUT2D eigenvalue weighted by Crippen LogP contribution is 2.23. The summed E-state index contributed by atoms with van der Waals surface area (Å²) in [4.78, 5) is 12.3. The number of nitrogens with one attached hydrogen (secondary N) is 3.